The van der Waals surface area contributed by atoms with Crippen LogP contribution in [-0.4, -0.2) is 30.9 Å². The third kappa shape index (κ3) is 9.21. The summed E-state index contributed by atoms with van der Waals surface area (Å²) in [5, 5.41) is 5.25. The summed E-state index contributed by atoms with van der Waals surface area (Å²) in [5.41, 5.74) is 5.30. The number of amides is 2. The Bertz CT molecular complexity index is 205. The van der Waals surface area contributed by atoms with Crippen molar-refractivity contribution < 1.29 is 9.59 Å². The second-order valence-electron chi connectivity index (χ2n) is 3.74. The normalized spacial score (nSPS) is 10.1. The number of carbonyl (C=O) groups excluding carboxylic acids is 2. The SMILES string of the molecule is CC(C)NC(=O)CNC(=O)CCCCN. The van der Waals surface area contributed by atoms with E-state index in [0.29, 0.717) is 13.0 Å². The van der Waals surface area contributed by atoms with Crippen molar-refractivity contribution in [2.24, 2.45) is 5.73 Å². The number of nitrogens with one attached hydrogen (secondary N) is 2. The van der Waals surface area contributed by atoms with Gasteiger partial charge in [-0.15, -0.1) is 0 Å². The molecule has 0 aromatic carbocycles. The molecule has 0 saturated carbocycles. The summed E-state index contributed by atoms with van der Waals surface area (Å²) in [7, 11) is 0. The Hall–Kier alpha value is -1.10. The van der Waals surface area contributed by atoms with E-state index in [-0.39, 0.29) is 24.4 Å². The minimum atomic E-state index is -0.155. The Morgan fingerprint density at radius 3 is 2.40 bits per heavy atom. The predicted octanol–water partition coefficient (Wildman–Crippen LogP) is -0.244. The lowest BCUT2D eigenvalue weighted by molar-refractivity contribution is -0.126. The Morgan fingerprint density at radius 1 is 1.20 bits per heavy atom. The van der Waals surface area contributed by atoms with Crippen LogP contribution in [0.5, 0.6) is 0 Å². The van der Waals surface area contributed by atoms with Gasteiger partial charge in [-0.1, -0.05) is 0 Å². The van der Waals surface area contributed by atoms with E-state index < -0.39 is 0 Å². The summed E-state index contributed by atoms with van der Waals surface area (Å²) in [5.74, 6) is -0.250. The van der Waals surface area contributed by atoms with Gasteiger partial charge < -0.3 is 16.4 Å². The molecule has 0 aliphatic heterocycles. The van der Waals surface area contributed by atoms with Gasteiger partial charge in [0.05, 0.1) is 6.54 Å². The average Bonchev–Trinajstić information content (AvgIpc) is 2.14. The average molecular weight is 215 g/mol. The molecule has 4 N–H and O–H groups in total. The van der Waals surface area contributed by atoms with Crippen molar-refractivity contribution in [3.8, 4) is 0 Å². The monoisotopic (exact) mass is 215 g/mol. The molecule has 0 unspecified atom stereocenters. The number of hydrogen-bond acceptors (Lipinski definition) is 3. The van der Waals surface area contributed by atoms with Crippen LogP contribution in [0.4, 0.5) is 0 Å². The van der Waals surface area contributed by atoms with Crippen molar-refractivity contribution in [3.63, 3.8) is 0 Å². The summed E-state index contributed by atoms with van der Waals surface area (Å²) in [4.78, 5) is 22.3. The number of unbranched alkanes of at least 4 members (excludes halogenated alkanes) is 1. The third-order valence-corrected chi connectivity index (χ3v) is 1.75. The third-order valence-electron chi connectivity index (χ3n) is 1.75. The maximum Gasteiger partial charge on any atom is 0.239 e. The first-order chi connectivity index (χ1) is 7.06. The Balaban J connectivity index is 3.49. The second kappa shape index (κ2) is 8.23. The van der Waals surface area contributed by atoms with Crippen LogP contribution in [0.3, 0.4) is 0 Å². The standard InChI is InChI=1S/C10H21N3O2/c1-8(2)13-10(15)7-12-9(14)5-3-4-6-11/h8H,3-7,11H2,1-2H3,(H,12,14)(H,13,15). The lowest BCUT2D eigenvalue weighted by Gasteiger charge is -2.09. The van der Waals surface area contributed by atoms with E-state index in [4.69, 9.17) is 5.73 Å². The molecule has 0 rings (SSSR count). The molecule has 0 saturated heterocycles. The zero-order valence-electron chi connectivity index (χ0n) is 9.51. The van der Waals surface area contributed by atoms with Crippen LogP contribution >= 0.6 is 0 Å². The van der Waals surface area contributed by atoms with Gasteiger partial charge in [0.1, 0.15) is 0 Å². The van der Waals surface area contributed by atoms with Crippen LogP contribution in [0.25, 0.3) is 0 Å². The highest BCUT2D eigenvalue weighted by Crippen LogP contribution is 1.92. The summed E-state index contributed by atoms with van der Waals surface area (Å²) >= 11 is 0. The smallest absolute Gasteiger partial charge is 0.239 e. The molecule has 5 nitrogen and oxygen atoms in total. The molecule has 88 valence electrons. The van der Waals surface area contributed by atoms with Crippen LogP contribution in [0.2, 0.25) is 0 Å². The molecule has 15 heavy (non-hydrogen) atoms. The number of nitrogens with two attached hydrogens (primary N) is 1. The lowest BCUT2D eigenvalue weighted by atomic mass is 10.2. The van der Waals surface area contributed by atoms with Crippen molar-refractivity contribution in [1.29, 1.82) is 0 Å². The first kappa shape index (κ1) is 13.9. The molecule has 0 fully saturated rings. The first-order valence-electron chi connectivity index (χ1n) is 5.32. The highest BCUT2D eigenvalue weighted by molar-refractivity contribution is 5.84. The first-order valence-corrected chi connectivity index (χ1v) is 5.32. The molecule has 0 aliphatic rings. The van der Waals surface area contributed by atoms with Crippen LogP contribution in [0.15, 0.2) is 0 Å². The van der Waals surface area contributed by atoms with E-state index in [1.807, 2.05) is 13.8 Å². The number of rotatable bonds is 7. The fraction of sp³-hybridized carbons (Fsp3) is 0.800. The van der Waals surface area contributed by atoms with E-state index in [2.05, 4.69) is 10.6 Å². The zero-order valence-corrected chi connectivity index (χ0v) is 9.51. The molecule has 0 aliphatic carbocycles. The summed E-state index contributed by atoms with van der Waals surface area (Å²) in [6.07, 6.45) is 2.05. The molecule has 0 heterocycles. The Morgan fingerprint density at radius 2 is 1.87 bits per heavy atom. The Labute approximate surface area is 90.8 Å². The summed E-state index contributed by atoms with van der Waals surface area (Å²) < 4.78 is 0. The molecule has 0 aromatic heterocycles. The van der Waals surface area contributed by atoms with E-state index >= 15 is 0 Å². The van der Waals surface area contributed by atoms with Gasteiger partial charge in [0.2, 0.25) is 11.8 Å². The van der Waals surface area contributed by atoms with Gasteiger partial charge in [-0.25, -0.2) is 0 Å². The van der Waals surface area contributed by atoms with E-state index in [9.17, 15) is 9.59 Å². The molecule has 0 spiro atoms. The van der Waals surface area contributed by atoms with Crippen LogP contribution in [-0.2, 0) is 9.59 Å². The van der Waals surface area contributed by atoms with Gasteiger partial charge in [0.15, 0.2) is 0 Å². The molecule has 0 aromatic rings. The van der Waals surface area contributed by atoms with E-state index in [0.717, 1.165) is 12.8 Å². The molecule has 0 bridgehead atoms. The van der Waals surface area contributed by atoms with E-state index in [1.165, 1.54) is 0 Å². The number of hydrogen-bond donors (Lipinski definition) is 3. The minimum absolute atomic E-state index is 0.0552. The van der Waals surface area contributed by atoms with Crippen LogP contribution in [0.1, 0.15) is 33.1 Å². The van der Waals surface area contributed by atoms with Gasteiger partial charge in [0, 0.05) is 12.5 Å². The van der Waals surface area contributed by atoms with Crippen LogP contribution in [0, 0.1) is 0 Å². The minimum Gasteiger partial charge on any atom is -0.352 e. The van der Waals surface area contributed by atoms with Crippen molar-refractivity contribution in [3.05, 3.63) is 0 Å². The lowest BCUT2D eigenvalue weighted by Crippen LogP contribution is -2.39. The molecule has 0 atom stereocenters. The molecule has 0 radical (unpaired) electrons. The molecular weight excluding hydrogens is 194 g/mol. The van der Waals surface area contributed by atoms with Crippen molar-refractivity contribution >= 4 is 11.8 Å². The summed E-state index contributed by atoms with van der Waals surface area (Å²) in [6.45, 7) is 4.41. The molecule has 5 heteroatoms. The molecule has 2 amide bonds. The quantitative estimate of drug-likeness (QED) is 0.512. The topological polar surface area (TPSA) is 84.2 Å². The predicted molar refractivity (Wildman–Crippen MR) is 59.2 cm³/mol. The summed E-state index contributed by atoms with van der Waals surface area (Å²) in [6, 6.07) is 0.103. The van der Waals surface area contributed by atoms with Gasteiger partial charge in [0.25, 0.3) is 0 Å². The van der Waals surface area contributed by atoms with Crippen molar-refractivity contribution in [2.45, 2.75) is 39.2 Å². The molecular formula is C10H21N3O2. The van der Waals surface area contributed by atoms with Gasteiger partial charge >= 0.3 is 0 Å². The maximum atomic E-state index is 11.2. The van der Waals surface area contributed by atoms with Crippen LogP contribution < -0.4 is 16.4 Å². The fourth-order valence-corrected chi connectivity index (χ4v) is 1.07. The largest absolute Gasteiger partial charge is 0.352 e. The van der Waals surface area contributed by atoms with Crippen molar-refractivity contribution in [1.82, 2.24) is 10.6 Å². The van der Waals surface area contributed by atoms with Crippen molar-refractivity contribution in [2.75, 3.05) is 13.1 Å². The van der Waals surface area contributed by atoms with E-state index in [1.54, 1.807) is 0 Å². The Kier molecular flexibility index (Phi) is 7.62. The van der Waals surface area contributed by atoms with Gasteiger partial charge in [-0.2, -0.15) is 0 Å². The maximum absolute atomic E-state index is 11.2. The van der Waals surface area contributed by atoms with Gasteiger partial charge in [-0.05, 0) is 33.2 Å². The second-order valence-corrected chi connectivity index (χ2v) is 3.74. The zero-order chi connectivity index (χ0) is 11.7. The highest BCUT2D eigenvalue weighted by atomic mass is 16.2. The highest BCUT2D eigenvalue weighted by Gasteiger charge is 2.05. The fourth-order valence-electron chi connectivity index (χ4n) is 1.07. The number of carbonyl (C=O) groups is 2. The van der Waals surface area contributed by atoms with Gasteiger partial charge in [-0.3, -0.25) is 9.59 Å².